The fourth-order valence-electron chi connectivity index (χ4n) is 2.65. The molecule has 0 radical (unpaired) electrons. The predicted molar refractivity (Wildman–Crippen MR) is 107 cm³/mol. The molecule has 0 saturated heterocycles. The molecule has 5 heteroatoms. The second-order valence-electron chi connectivity index (χ2n) is 6.21. The molecular weight excluding hydrogens is 360 g/mol. The Hall–Kier alpha value is -2.85. The Kier molecular flexibility index (Phi) is 6.44. The number of hydrogen-bond acceptors (Lipinski definition) is 3. The van der Waals surface area contributed by atoms with Gasteiger partial charge < -0.3 is 9.64 Å². The summed E-state index contributed by atoms with van der Waals surface area (Å²) in [7, 11) is 1.79. The summed E-state index contributed by atoms with van der Waals surface area (Å²) in [5.74, 6) is 0.500. The molecular formula is C22H21ClN2O2. The average Bonchev–Trinajstić information content (AvgIpc) is 2.72. The standard InChI is InChI=1S/C22H21ClN2O2/c1-25(15-13-19-6-4-5-14-24-19)22(26)20-7-2-3-8-21(20)27-16-17-9-11-18(23)12-10-17/h2-12,14H,13,15-16H2,1H3. The van der Waals surface area contributed by atoms with E-state index in [4.69, 9.17) is 16.3 Å². The minimum atomic E-state index is -0.0716. The highest BCUT2D eigenvalue weighted by molar-refractivity contribution is 6.30. The quantitative estimate of drug-likeness (QED) is 0.600. The summed E-state index contributed by atoms with van der Waals surface area (Å²) in [4.78, 5) is 18.8. The molecule has 3 aromatic rings. The molecule has 0 aliphatic rings. The van der Waals surface area contributed by atoms with Crippen molar-refractivity contribution in [3.8, 4) is 5.75 Å². The van der Waals surface area contributed by atoms with Gasteiger partial charge in [-0.2, -0.15) is 0 Å². The van der Waals surface area contributed by atoms with Crippen LogP contribution < -0.4 is 4.74 Å². The molecule has 0 aliphatic heterocycles. The van der Waals surface area contributed by atoms with Crippen LogP contribution in [0.4, 0.5) is 0 Å². The van der Waals surface area contributed by atoms with Crippen molar-refractivity contribution >= 4 is 17.5 Å². The first-order valence-corrected chi connectivity index (χ1v) is 9.13. The van der Waals surface area contributed by atoms with Crippen LogP contribution in [0.2, 0.25) is 5.02 Å². The number of halogens is 1. The molecule has 1 heterocycles. The van der Waals surface area contributed by atoms with Crippen molar-refractivity contribution < 1.29 is 9.53 Å². The lowest BCUT2D eigenvalue weighted by Crippen LogP contribution is -2.29. The van der Waals surface area contributed by atoms with Gasteiger partial charge in [0.2, 0.25) is 0 Å². The van der Waals surface area contributed by atoms with Gasteiger partial charge in [-0.15, -0.1) is 0 Å². The number of hydrogen-bond donors (Lipinski definition) is 0. The van der Waals surface area contributed by atoms with Crippen LogP contribution >= 0.6 is 11.6 Å². The van der Waals surface area contributed by atoms with E-state index < -0.39 is 0 Å². The highest BCUT2D eigenvalue weighted by atomic mass is 35.5. The lowest BCUT2D eigenvalue weighted by atomic mass is 10.1. The smallest absolute Gasteiger partial charge is 0.257 e. The molecule has 0 aliphatic carbocycles. The number of nitrogens with zero attached hydrogens (tertiary/aromatic N) is 2. The topological polar surface area (TPSA) is 42.4 Å². The van der Waals surface area contributed by atoms with Gasteiger partial charge in [0.05, 0.1) is 5.56 Å². The molecule has 0 unspecified atom stereocenters. The maximum atomic E-state index is 12.9. The zero-order valence-corrected chi connectivity index (χ0v) is 15.9. The summed E-state index contributed by atoms with van der Waals surface area (Å²) in [6.45, 7) is 0.959. The van der Waals surface area contributed by atoms with E-state index >= 15 is 0 Å². The van der Waals surface area contributed by atoms with Gasteiger partial charge in [0, 0.05) is 36.9 Å². The number of pyridine rings is 1. The van der Waals surface area contributed by atoms with Gasteiger partial charge in [-0.05, 0) is 42.0 Å². The molecule has 0 atom stereocenters. The molecule has 4 nitrogen and oxygen atoms in total. The van der Waals surface area contributed by atoms with E-state index in [-0.39, 0.29) is 5.91 Å². The number of rotatable bonds is 7. The number of aromatic nitrogens is 1. The average molecular weight is 381 g/mol. The second kappa shape index (κ2) is 9.19. The Morgan fingerprint density at radius 2 is 1.78 bits per heavy atom. The third-order valence-electron chi connectivity index (χ3n) is 4.20. The number of amides is 1. The summed E-state index contributed by atoms with van der Waals surface area (Å²) in [6.07, 6.45) is 2.47. The van der Waals surface area contributed by atoms with Crippen molar-refractivity contribution in [3.05, 3.63) is 94.8 Å². The summed E-state index contributed by atoms with van der Waals surface area (Å²) in [6, 6.07) is 20.6. The Bertz CT molecular complexity index is 882. The Morgan fingerprint density at radius 1 is 1.04 bits per heavy atom. The Balaban J connectivity index is 1.64. The van der Waals surface area contributed by atoms with E-state index in [1.54, 1.807) is 24.2 Å². The van der Waals surface area contributed by atoms with E-state index in [1.807, 2.05) is 60.7 Å². The van der Waals surface area contributed by atoms with E-state index in [9.17, 15) is 4.79 Å². The van der Waals surface area contributed by atoms with Gasteiger partial charge in [0.15, 0.2) is 0 Å². The molecule has 0 saturated carbocycles. The van der Waals surface area contributed by atoms with Gasteiger partial charge >= 0.3 is 0 Å². The molecule has 0 N–H and O–H groups in total. The van der Waals surface area contributed by atoms with Crippen molar-refractivity contribution in [2.24, 2.45) is 0 Å². The number of carbonyl (C=O) groups excluding carboxylic acids is 1. The van der Waals surface area contributed by atoms with Gasteiger partial charge in [-0.25, -0.2) is 0 Å². The molecule has 27 heavy (non-hydrogen) atoms. The van der Waals surface area contributed by atoms with Crippen LogP contribution in [0, 0.1) is 0 Å². The molecule has 3 rings (SSSR count). The fourth-order valence-corrected chi connectivity index (χ4v) is 2.77. The van der Waals surface area contributed by atoms with Crippen LogP contribution in [0.15, 0.2) is 72.9 Å². The van der Waals surface area contributed by atoms with Gasteiger partial charge in [0.1, 0.15) is 12.4 Å². The normalized spacial score (nSPS) is 10.4. The lowest BCUT2D eigenvalue weighted by Gasteiger charge is -2.19. The molecule has 2 aromatic carbocycles. The third kappa shape index (κ3) is 5.31. The lowest BCUT2D eigenvalue weighted by molar-refractivity contribution is 0.0791. The molecule has 0 fully saturated rings. The minimum Gasteiger partial charge on any atom is -0.488 e. The zero-order chi connectivity index (χ0) is 19.1. The van der Waals surface area contributed by atoms with E-state index in [1.165, 1.54) is 0 Å². The van der Waals surface area contributed by atoms with Crippen molar-refractivity contribution in [2.45, 2.75) is 13.0 Å². The molecule has 138 valence electrons. The Morgan fingerprint density at radius 3 is 2.52 bits per heavy atom. The zero-order valence-electron chi connectivity index (χ0n) is 15.1. The van der Waals surface area contributed by atoms with Crippen LogP contribution in [0.25, 0.3) is 0 Å². The van der Waals surface area contributed by atoms with Gasteiger partial charge in [-0.3, -0.25) is 9.78 Å². The summed E-state index contributed by atoms with van der Waals surface area (Å²) in [5, 5.41) is 0.684. The van der Waals surface area contributed by atoms with Gasteiger partial charge in [-0.1, -0.05) is 41.9 Å². The van der Waals surface area contributed by atoms with Crippen molar-refractivity contribution in [3.63, 3.8) is 0 Å². The predicted octanol–water partition coefficient (Wildman–Crippen LogP) is 4.63. The monoisotopic (exact) mass is 380 g/mol. The highest BCUT2D eigenvalue weighted by Gasteiger charge is 2.16. The van der Waals surface area contributed by atoms with Crippen LogP contribution in [0.1, 0.15) is 21.6 Å². The maximum absolute atomic E-state index is 12.9. The molecule has 0 bridgehead atoms. The number of carbonyl (C=O) groups is 1. The van der Waals surface area contributed by atoms with Crippen molar-refractivity contribution in [1.82, 2.24) is 9.88 Å². The first kappa shape index (κ1) is 18.9. The SMILES string of the molecule is CN(CCc1ccccn1)C(=O)c1ccccc1OCc1ccc(Cl)cc1. The third-order valence-corrected chi connectivity index (χ3v) is 4.45. The number of likely N-dealkylation sites (N-methyl/N-ethyl adjacent to an activating group) is 1. The van der Waals surface area contributed by atoms with Crippen LogP contribution in [-0.4, -0.2) is 29.4 Å². The van der Waals surface area contributed by atoms with Crippen LogP contribution in [-0.2, 0) is 13.0 Å². The minimum absolute atomic E-state index is 0.0716. The number of ether oxygens (including phenoxy) is 1. The number of para-hydroxylation sites is 1. The maximum Gasteiger partial charge on any atom is 0.257 e. The second-order valence-corrected chi connectivity index (χ2v) is 6.65. The number of benzene rings is 2. The van der Waals surface area contributed by atoms with Crippen molar-refractivity contribution in [2.75, 3.05) is 13.6 Å². The van der Waals surface area contributed by atoms with E-state index in [0.29, 0.717) is 35.9 Å². The van der Waals surface area contributed by atoms with E-state index in [2.05, 4.69) is 4.98 Å². The Labute approximate surface area is 164 Å². The molecule has 1 amide bonds. The largest absolute Gasteiger partial charge is 0.488 e. The van der Waals surface area contributed by atoms with Crippen LogP contribution in [0.3, 0.4) is 0 Å². The molecule has 1 aromatic heterocycles. The summed E-state index contributed by atoms with van der Waals surface area (Å²) >= 11 is 5.91. The van der Waals surface area contributed by atoms with Crippen LogP contribution in [0.5, 0.6) is 5.75 Å². The van der Waals surface area contributed by atoms with Crippen molar-refractivity contribution in [1.29, 1.82) is 0 Å². The summed E-state index contributed by atoms with van der Waals surface area (Å²) < 4.78 is 5.89. The molecule has 0 spiro atoms. The fraction of sp³-hybridized carbons (Fsp3) is 0.182. The van der Waals surface area contributed by atoms with E-state index in [0.717, 1.165) is 11.3 Å². The van der Waals surface area contributed by atoms with Gasteiger partial charge in [0.25, 0.3) is 5.91 Å². The highest BCUT2D eigenvalue weighted by Crippen LogP contribution is 2.21. The summed E-state index contributed by atoms with van der Waals surface area (Å²) in [5.41, 5.74) is 2.50. The first-order valence-electron chi connectivity index (χ1n) is 8.75. The first-order chi connectivity index (χ1) is 13.1.